The highest BCUT2D eigenvalue weighted by atomic mass is 35.5. The third kappa shape index (κ3) is 3.54. The van der Waals surface area contributed by atoms with Crippen molar-refractivity contribution in [1.82, 2.24) is 5.32 Å². The normalized spacial score (nSPS) is 12.4. The molecular weight excluding hydrogens is 289 g/mol. The van der Waals surface area contributed by atoms with Crippen LogP contribution in [0.2, 0.25) is 10.0 Å². The van der Waals surface area contributed by atoms with E-state index in [1.807, 2.05) is 31.3 Å². The summed E-state index contributed by atoms with van der Waals surface area (Å²) in [5.74, 6) is 0. The second kappa shape index (κ2) is 6.62. The Kier molecular flexibility index (Phi) is 5.09. The molecule has 0 amide bonds. The van der Waals surface area contributed by atoms with Crippen molar-refractivity contribution in [2.45, 2.75) is 26.3 Å². The average molecular weight is 308 g/mol. The van der Waals surface area contributed by atoms with Crippen LogP contribution in [0.25, 0.3) is 0 Å². The Balaban J connectivity index is 2.31. The number of rotatable bonds is 4. The van der Waals surface area contributed by atoms with Gasteiger partial charge in [-0.2, -0.15) is 0 Å². The Bertz CT molecular complexity index is 608. The molecule has 0 bridgehead atoms. The third-order valence-electron chi connectivity index (χ3n) is 3.67. The summed E-state index contributed by atoms with van der Waals surface area (Å²) in [6.45, 7) is 4.19. The Labute approximate surface area is 130 Å². The molecule has 0 spiro atoms. The fraction of sp³-hybridized carbons (Fsp3) is 0.294. The van der Waals surface area contributed by atoms with Crippen molar-refractivity contribution >= 4 is 23.2 Å². The number of nitrogens with one attached hydrogen (secondary N) is 1. The number of benzene rings is 2. The molecule has 0 aliphatic rings. The summed E-state index contributed by atoms with van der Waals surface area (Å²) in [5.41, 5.74) is 4.82. The quantitative estimate of drug-likeness (QED) is 0.827. The van der Waals surface area contributed by atoms with Crippen LogP contribution in [0.15, 0.2) is 36.4 Å². The minimum absolute atomic E-state index is 0.181. The van der Waals surface area contributed by atoms with Crippen LogP contribution in [-0.4, -0.2) is 7.05 Å². The number of halogens is 2. The number of aryl methyl sites for hydroxylation is 2. The third-order valence-corrected chi connectivity index (χ3v) is 4.23. The van der Waals surface area contributed by atoms with Gasteiger partial charge in [0.15, 0.2) is 0 Å². The lowest BCUT2D eigenvalue weighted by molar-refractivity contribution is 0.592. The molecule has 0 aromatic heterocycles. The van der Waals surface area contributed by atoms with Gasteiger partial charge < -0.3 is 5.32 Å². The van der Waals surface area contributed by atoms with Crippen LogP contribution in [-0.2, 0) is 6.42 Å². The lowest BCUT2D eigenvalue weighted by atomic mass is 9.96. The topological polar surface area (TPSA) is 12.0 Å². The van der Waals surface area contributed by atoms with Gasteiger partial charge in [0.05, 0.1) is 0 Å². The van der Waals surface area contributed by atoms with Crippen LogP contribution >= 0.6 is 23.2 Å². The van der Waals surface area contributed by atoms with Crippen LogP contribution < -0.4 is 5.32 Å². The van der Waals surface area contributed by atoms with Gasteiger partial charge in [0.1, 0.15) is 0 Å². The maximum Gasteiger partial charge on any atom is 0.0456 e. The van der Waals surface area contributed by atoms with Gasteiger partial charge in [0.25, 0.3) is 0 Å². The molecule has 0 saturated carbocycles. The van der Waals surface area contributed by atoms with Crippen molar-refractivity contribution in [2.24, 2.45) is 0 Å². The van der Waals surface area contributed by atoms with Gasteiger partial charge in [-0.15, -0.1) is 0 Å². The Morgan fingerprint density at radius 2 is 1.75 bits per heavy atom. The largest absolute Gasteiger partial charge is 0.313 e. The highest BCUT2D eigenvalue weighted by molar-refractivity contribution is 6.31. The highest BCUT2D eigenvalue weighted by Gasteiger charge is 2.15. The number of hydrogen-bond donors (Lipinski definition) is 1. The molecule has 0 heterocycles. The molecule has 1 atom stereocenters. The van der Waals surface area contributed by atoms with Crippen molar-refractivity contribution in [3.63, 3.8) is 0 Å². The van der Waals surface area contributed by atoms with Gasteiger partial charge in [-0.05, 0) is 67.8 Å². The van der Waals surface area contributed by atoms with E-state index in [1.165, 1.54) is 16.7 Å². The van der Waals surface area contributed by atoms with E-state index in [-0.39, 0.29) is 6.04 Å². The van der Waals surface area contributed by atoms with Crippen molar-refractivity contribution in [1.29, 1.82) is 0 Å². The summed E-state index contributed by atoms with van der Waals surface area (Å²) in [5, 5.41) is 4.93. The Hall–Kier alpha value is -1.02. The first-order valence-corrected chi connectivity index (χ1v) is 7.45. The van der Waals surface area contributed by atoms with Crippen molar-refractivity contribution in [3.05, 3.63) is 68.7 Å². The van der Waals surface area contributed by atoms with Crippen molar-refractivity contribution < 1.29 is 0 Å². The predicted molar refractivity (Wildman–Crippen MR) is 87.9 cm³/mol. The highest BCUT2D eigenvalue weighted by Crippen LogP contribution is 2.29. The molecule has 3 heteroatoms. The number of hydrogen-bond acceptors (Lipinski definition) is 1. The maximum absolute atomic E-state index is 6.41. The SMILES string of the molecule is CNC(Cc1cccc(Cl)c1)c1cc(C)c(C)cc1Cl. The molecular formula is C17H19Cl2N. The molecule has 0 aliphatic heterocycles. The lowest BCUT2D eigenvalue weighted by Crippen LogP contribution is -2.19. The molecule has 2 aromatic carbocycles. The van der Waals surface area contributed by atoms with Gasteiger partial charge in [0.2, 0.25) is 0 Å². The maximum atomic E-state index is 6.41. The van der Waals surface area contributed by atoms with E-state index in [9.17, 15) is 0 Å². The van der Waals surface area contributed by atoms with Crippen LogP contribution in [0, 0.1) is 13.8 Å². The molecule has 1 nitrogen and oxygen atoms in total. The number of likely N-dealkylation sites (N-methyl/N-ethyl adjacent to an activating group) is 1. The fourth-order valence-corrected chi connectivity index (χ4v) is 2.90. The molecule has 1 unspecified atom stereocenters. The van der Waals surface area contributed by atoms with E-state index in [1.54, 1.807) is 0 Å². The first kappa shape index (κ1) is 15.4. The van der Waals surface area contributed by atoms with Crippen LogP contribution in [0.1, 0.15) is 28.3 Å². The van der Waals surface area contributed by atoms with E-state index in [4.69, 9.17) is 23.2 Å². The summed E-state index contributed by atoms with van der Waals surface area (Å²) in [4.78, 5) is 0. The second-order valence-electron chi connectivity index (χ2n) is 5.13. The molecule has 106 valence electrons. The average Bonchev–Trinajstić information content (AvgIpc) is 2.40. The molecule has 1 N–H and O–H groups in total. The van der Waals surface area contributed by atoms with Crippen LogP contribution in [0.4, 0.5) is 0 Å². The van der Waals surface area contributed by atoms with Crippen LogP contribution in [0.3, 0.4) is 0 Å². The molecule has 0 saturated heterocycles. The van der Waals surface area contributed by atoms with E-state index >= 15 is 0 Å². The molecule has 2 aromatic rings. The molecule has 0 fully saturated rings. The zero-order valence-corrected chi connectivity index (χ0v) is 13.5. The van der Waals surface area contributed by atoms with Crippen molar-refractivity contribution in [3.8, 4) is 0 Å². The zero-order chi connectivity index (χ0) is 14.7. The van der Waals surface area contributed by atoms with Gasteiger partial charge >= 0.3 is 0 Å². The van der Waals surface area contributed by atoms with E-state index in [0.29, 0.717) is 0 Å². The molecule has 2 rings (SSSR count). The van der Waals surface area contributed by atoms with Gasteiger partial charge in [0, 0.05) is 16.1 Å². The summed E-state index contributed by atoms with van der Waals surface area (Å²) >= 11 is 12.5. The van der Waals surface area contributed by atoms with Gasteiger partial charge in [-0.1, -0.05) is 41.4 Å². The summed E-state index contributed by atoms with van der Waals surface area (Å²) in [7, 11) is 1.96. The van der Waals surface area contributed by atoms with Gasteiger partial charge in [-0.3, -0.25) is 0 Å². The predicted octanol–water partition coefficient (Wildman–Crippen LogP) is 5.11. The monoisotopic (exact) mass is 307 g/mol. The summed E-state index contributed by atoms with van der Waals surface area (Å²) in [6, 6.07) is 12.3. The smallest absolute Gasteiger partial charge is 0.0456 e. The van der Waals surface area contributed by atoms with E-state index in [2.05, 4.69) is 31.3 Å². The second-order valence-corrected chi connectivity index (χ2v) is 5.98. The minimum atomic E-state index is 0.181. The van der Waals surface area contributed by atoms with Crippen molar-refractivity contribution in [2.75, 3.05) is 7.05 Å². The molecule has 0 radical (unpaired) electrons. The zero-order valence-electron chi connectivity index (χ0n) is 12.0. The minimum Gasteiger partial charge on any atom is -0.313 e. The first-order valence-electron chi connectivity index (χ1n) is 6.69. The summed E-state index contributed by atoms with van der Waals surface area (Å²) in [6.07, 6.45) is 0.860. The van der Waals surface area contributed by atoms with Gasteiger partial charge in [-0.25, -0.2) is 0 Å². The molecule has 20 heavy (non-hydrogen) atoms. The van der Waals surface area contributed by atoms with E-state index in [0.717, 1.165) is 22.0 Å². The Morgan fingerprint density at radius 3 is 2.40 bits per heavy atom. The molecule has 0 aliphatic carbocycles. The lowest BCUT2D eigenvalue weighted by Gasteiger charge is -2.20. The fourth-order valence-electron chi connectivity index (χ4n) is 2.34. The van der Waals surface area contributed by atoms with E-state index < -0.39 is 0 Å². The summed E-state index contributed by atoms with van der Waals surface area (Å²) < 4.78 is 0. The van der Waals surface area contributed by atoms with Crippen LogP contribution in [0.5, 0.6) is 0 Å². The Morgan fingerprint density at radius 1 is 1.05 bits per heavy atom. The standard InChI is InChI=1S/C17H19Cl2N/c1-11-7-15(16(19)8-12(11)2)17(20-3)10-13-5-4-6-14(18)9-13/h4-9,17,20H,10H2,1-3H3. The first-order chi connectivity index (χ1) is 9.51.